The first-order valence-electron chi connectivity index (χ1n) is 8.39. The molecule has 26 heavy (non-hydrogen) atoms. The van der Waals surface area contributed by atoms with E-state index in [1.54, 1.807) is 45.9 Å². The molecule has 0 radical (unpaired) electrons. The molecule has 0 saturated carbocycles. The summed E-state index contributed by atoms with van der Waals surface area (Å²) in [6.07, 6.45) is 0. The first-order valence-corrected chi connectivity index (χ1v) is 8.77. The molecule has 3 N–H and O–H groups in total. The third kappa shape index (κ3) is 3.85. The van der Waals surface area contributed by atoms with Crippen LogP contribution in [0.1, 0.15) is 39.2 Å². The van der Waals surface area contributed by atoms with Gasteiger partial charge in [0.1, 0.15) is 0 Å². The summed E-state index contributed by atoms with van der Waals surface area (Å²) in [5, 5.41) is 3.47. The molecule has 0 amide bonds. The van der Waals surface area contributed by atoms with E-state index in [2.05, 4.69) is 5.32 Å². The molecule has 140 valence electrons. The lowest BCUT2D eigenvalue weighted by Crippen LogP contribution is -2.32. The number of dihydropyridines is 1. The zero-order valence-corrected chi connectivity index (χ0v) is 16.1. The monoisotopic (exact) mass is 378 g/mol. The van der Waals surface area contributed by atoms with Crippen molar-refractivity contribution in [2.24, 2.45) is 0 Å². The van der Waals surface area contributed by atoms with Crippen LogP contribution in [0.2, 0.25) is 5.02 Å². The molecule has 1 aliphatic heterocycles. The first-order chi connectivity index (χ1) is 12.3. The number of benzene rings is 1. The number of carbonyl (C=O) groups is 2. The lowest BCUT2D eigenvalue weighted by atomic mass is 9.80. The second-order valence-electron chi connectivity index (χ2n) is 5.86. The largest absolute Gasteiger partial charge is 0.463 e. The number of halogens is 1. The number of anilines is 1. The van der Waals surface area contributed by atoms with Gasteiger partial charge in [-0.2, -0.15) is 0 Å². The molecule has 1 aromatic rings. The maximum absolute atomic E-state index is 12.7. The Labute approximate surface area is 158 Å². The van der Waals surface area contributed by atoms with Gasteiger partial charge < -0.3 is 20.5 Å². The standard InChI is InChI=1S/C19H23ClN2O4/c1-5-25-18(23)15-10(3)22-11(4)16(19(24)26-6-2)17(15)13-9-12(21)7-8-14(13)20/h7-9,17,22H,5-6,21H2,1-4H3. The Morgan fingerprint density at radius 2 is 1.58 bits per heavy atom. The van der Waals surface area contributed by atoms with E-state index in [1.807, 2.05) is 0 Å². The Morgan fingerprint density at radius 3 is 2.04 bits per heavy atom. The fourth-order valence-electron chi connectivity index (χ4n) is 3.05. The maximum atomic E-state index is 12.7. The third-order valence-corrected chi connectivity index (χ3v) is 4.43. The first kappa shape index (κ1) is 19.8. The molecule has 0 unspecified atom stereocenters. The molecular formula is C19H23ClN2O4. The number of carbonyl (C=O) groups excluding carboxylic acids is 2. The van der Waals surface area contributed by atoms with Gasteiger partial charge in [-0.1, -0.05) is 11.6 Å². The van der Waals surface area contributed by atoms with Gasteiger partial charge in [-0.25, -0.2) is 9.59 Å². The highest BCUT2D eigenvalue weighted by atomic mass is 35.5. The zero-order valence-electron chi connectivity index (χ0n) is 15.3. The molecule has 0 aliphatic carbocycles. The molecule has 1 heterocycles. The highest BCUT2D eigenvalue weighted by Crippen LogP contribution is 2.42. The fraction of sp³-hybridized carbons (Fsp3) is 0.368. The van der Waals surface area contributed by atoms with Gasteiger partial charge in [-0.15, -0.1) is 0 Å². The lowest BCUT2D eigenvalue weighted by molar-refractivity contribution is -0.139. The van der Waals surface area contributed by atoms with Crippen molar-refractivity contribution in [3.8, 4) is 0 Å². The topological polar surface area (TPSA) is 90.6 Å². The molecule has 0 bridgehead atoms. The molecular weight excluding hydrogens is 356 g/mol. The summed E-state index contributed by atoms with van der Waals surface area (Å²) in [6.45, 7) is 7.38. The molecule has 1 aliphatic rings. The van der Waals surface area contributed by atoms with Crippen LogP contribution < -0.4 is 11.1 Å². The molecule has 7 heteroatoms. The predicted molar refractivity (Wildman–Crippen MR) is 100 cm³/mol. The van der Waals surface area contributed by atoms with Crippen LogP contribution in [0, 0.1) is 0 Å². The SMILES string of the molecule is CCOC(=O)C1=C(C)NC(C)=C(C(=O)OCC)C1c1cc(N)ccc1Cl. The van der Waals surface area contributed by atoms with Gasteiger partial charge in [-0.05, 0) is 51.5 Å². The summed E-state index contributed by atoms with van der Waals surface area (Å²) >= 11 is 6.39. The second-order valence-corrected chi connectivity index (χ2v) is 6.26. The van der Waals surface area contributed by atoms with Crippen molar-refractivity contribution in [3.63, 3.8) is 0 Å². The van der Waals surface area contributed by atoms with Crippen molar-refractivity contribution >= 4 is 29.2 Å². The maximum Gasteiger partial charge on any atom is 0.336 e. The van der Waals surface area contributed by atoms with Crippen molar-refractivity contribution in [1.82, 2.24) is 5.32 Å². The van der Waals surface area contributed by atoms with E-state index < -0.39 is 17.9 Å². The van der Waals surface area contributed by atoms with Gasteiger partial charge in [0, 0.05) is 22.1 Å². The Hall–Kier alpha value is -2.47. The Morgan fingerprint density at radius 1 is 1.08 bits per heavy atom. The van der Waals surface area contributed by atoms with Gasteiger partial charge in [0.25, 0.3) is 0 Å². The van der Waals surface area contributed by atoms with Gasteiger partial charge in [-0.3, -0.25) is 0 Å². The summed E-state index contributed by atoms with van der Waals surface area (Å²) in [5.74, 6) is -1.77. The van der Waals surface area contributed by atoms with Crippen LogP contribution in [0.15, 0.2) is 40.7 Å². The average Bonchev–Trinajstić information content (AvgIpc) is 2.56. The van der Waals surface area contributed by atoms with E-state index in [0.717, 1.165) is 0 Å². The van der Waals surface area contributed by atoms with E-state index in [1.165, 1.54) is 0 Å². The second kappa shape index (κ2) is 8.27. The van der Waals surface area contributed by atoms with Gasteiger partial charge in [0.15, 0.2) is 0 Å². The van der Waals surface area contributed by atoms with Gasteiger partial charge in [0.2, 0.25) is 0 Å². The van der Waals surface area contributed by atoms with Crippen LogP contribution in [0.3, 0.4) is 0 Å². The van der Waals surface area contributed by atoms with Crippen molar-refractivity contribution in [3.05, 3.63) is 51.3 Å². The van der Waals surface area contributed by atoms with Crippen LogP contribution in [-0.2, 0) is 19.1 Å². The molecule has 0 atom stereocenters. The Bertz CT molecular complexity index is 759. The normalized spacial score (nSPS) is 15.0. The van der Waals surface area contributed by atoms with E-state index in [-0.39, 0.29) is 13.2 Å². The molecule has 0 aromatic heterocycles. The van der Waals surface area contributed by atoms with E-state index >= 15 is 0 Å². The van der Waals surface area contributed by atoms with E-state index in [9.17, 15) is 9.59 Å². The summed E-state index contributed by atoms with van der Waals surface area (Å²) in [4.78, 5) is 25.3. The summed E-state index contributed by atoms with van der Waals surface area (Å²) in [6, 6.07) is 4.97. The van der Waals surface area contributed by atoms with Crippen LogP contribution in [-0.4, -0.2) is 25.2 Å². The Kier molecular flexibility index (Phi) is 6.32. The molecule has 0 spiro atoms. The number of hydrogen-bond donors (Lipinski definition) is 2. The number of nitrogen functional groups attached to an aromatic ring is 1. The quantitative estimate of drug-likeness (QED) is 0.603. The number of nitrogens with one attached hydrogen (secondary N) is 1. The predicted octanol–water partition coefficient (Wildman–Crippen LogP) is 3.28. The highest BCUT2D eigenvalue weighted by Gasteiger charge is 2.38. The minimum Gasteiger partial charge on any atom is -0.463 e. The van der Waals surface area contributed by atoms with Crippen molar-refractivity contribution in [2.45, 2.75) is 33.6 Å². The number of rotatable bonds is 5. The van der Waals surface area contributed by atoms with E-state index in [4.69, 9.17) is 26.8 Å². The number of esters is 2. The summed E-state index contributed by atoms with van der Waals surface area (Å²) in [5.41, 5.74) is 8.77. The molecule has 2 rings (SSSR count). The molecule has 0 saturated heterocycles. The number of nitrogens with two attached hydrogens (primary N) is 1. The minimum absolute atomic E-state index is 0.213. The van der Waals surface area contributed by atoms with Crippen LogP contribution >= 0.6 is 11.6 Å². The average molecular weight is 379 g/mol. The van der Waals surface area contributed by atoms with Gasteiger partial charge >= 0.3 is 11.9 Å². The molecule has 6 nitrogen and oxygen atoms in total. The van der Waals surface area contributed by atoms with E-state index in [0.29, 0.717) is 38.8 Å². The van der Waals surface area contributed by atoms with Crippen LogP contribution in [0.5, 0.6) is 0 Å². The molecule has 1 aromatic carbocycles. The minimum atomic E-state index is -0.731. The van der Waals surface area contributed by atoms with Crippen LogP contribution in [0.25, 0.3) is 0 Å². The van der Waals surface area contributed by atoms with Crippen molar-refractivity contribution < 1.29 is 19.1 Å². The lowest BCUT2D eigenvalue weighted by Gasteiger charge is -2.31. The fourth-order valence-corrected chi connectivity index (χ4v) is 3.27. The smallest absolute Gasteiger partial charge is 0.336 e. The van der Waals surface area contributed by atoms with Gasteiger partial charge in [0.05, 0.1) is 30.3 Å². The number of allylic oxidation sites excluding steroid dienone is 2. The van der Waals surface area contributed by atoms with Crippen molar-refractivity contribution in [1.29, 1.82) is 0 Å². The van der Waals surface area contributed by atoms with Crippen LogP contribution in [0.4, 0.5) is 5.69 Å². The number of ether oxygens (including phenoxy) is 2. The third-order valence-electron chi connectivity index (χ3n) is 4.08. The van der Waals surface area contributed by atoms with Crippen molar-refractivity contribution in [2.75, 3.05) is 18.9 Å². The molecule has 0 fully saturated rings. The highest BCUT2D eigenvalue weighted by molar-refractivity contribution is 6.31. The summed E-state index contributed by atoms with van der Waals surface area (Å²) < 4.78 is 10.4. The Balaban J connectivity index is 2.71. The zero-order chi connectivity index (χ0) is 19.4. The summed E-state index contributed by atoms with van der Waals surface area (Å²) in [7, 11) is 0. The number of hydrogen-bond acceptors (Lipinski definition) is 6.